The van der Waals surface area contributed by atoms with Crippen molar-refractivity contribution in [1.82, 2.24) is 29.8 Å². The molecule has 0 spiro atoms. The van der Waals surface area contributed by atoms with Crippen molar-refractivity contribution in [1.29, 1.82) is 0 Å². The molecule has 0 radical (unpaired) electrons. The molecule has 0 saturated carbocycles. The van der Waals surface area contributed by atoms with Gasteiger partial charge in [0.25, 0.3) is 0 Å². The third-order valence-corrected chi connectivity index (χ3v) is 2.95. The van der Waals surface area contributed by atoms with Crippen LogP contribution in [0.5, 0.6) is 0 Å². The van der Waals surface area contributed by atoms with Crippen molar-refractivity contribution >= 4 is 11.5 Å². The summed E-state index contributed by atoms with van der Waals surface area (Å²) in [6.45, 7) is 3.76. The summed E-state index contributed by atoms with van der Waals surface area (Å²) in [5.41, 5.74) is 1.28. The Morgan fingerprint density at radius 1 is 1.47 bits per heavy atom. The molecule has 0 aliphatic heterocycles. The van der Waals surface area contributed by atoms with E-state index in [1.54, 1.807) is 19.2 Å². The van der Waals surface area contributed by atoms with Crippen LogP contribution in [0.4, 0.5) is 5.82 Å². The lowest BCUT2D eigenvalue weighted by Crippen LogP contribution is -2.15. The van der Waals surface area contributed by atoms with Gasteiger partial charge in [0.1, 0.15) is 11.6 Å². The van der Waals surface area contributed by atoms with Crippen LogP contribution in [0.2, 0.25) is 0 Å². The molecule has 98 valence electrons. The van der Waals surface area contributed by atoms with Crippen LogP contribution >= 0.6 is 0 Å². The maximum Gasteiger partial charge on any atom is 0.349 e. The SMILES string of the molecule is Cc1nc(NC(C)c2cn[nH]c2)cc2n[nH]c(=O)n12. The molecule has 0 aromatic carbocycles. The molecular weight excluding hydrogens is 246 g/mol. The molecular formula is C11H13N7O. The molecule has 3 aromatic rings. The number of nitrogens with one attached hydrogen (secondary N) is 3. The largest absolute Gasteiger partial charge is 0.363 e. The quantitative estimate of drug-likeness (QED) is 0.639. The number of aryl methyl sites for hydroxylation is 1. The molecule has 3 N–H and O–H groups in total. The fraction of sp³-hybridized carbons (Fsp3) is 0.273. The smallest absolute Gasteiger partial charge is 0.349 e. The first-order valence-electron chi connectivity index (χ1n) is 5.85. The van der Waals surface area contributed by atoms with Crippen LogP contribution in [0.15, 0.2) is 23.3 Å². The Labute approximate surface area is 107 Å². The second kappa shape index (κ2) is 4.23. The summed E-state index contributed by atoms with van der Waals surface area (Å²) >= 11 is 0. The van der Waals surface area contributed by atoms with Crippen molar-refractivity contribution in [3.63, 3.8) is 0 Å². The first kappa shape index (κ1) is 11.5. The Morgan fingerprint density at radius 2 is 2.32 bits per heavy atom. The molecule has 19 heavy (non-hydrogen) atoms. The number of aromatic amines is 2. The highest BCUT2D eigenvalue weighted by atomic mass is 16.1. The molecule has 0 fully saturated rings. The fourth-order valence-electron chi connectivity index (χ4n) is 1.97. The molecule has 3 rings (SSSR count). The van der Waals surface area contributed by atoms with Crippen LogP contribution in [0.1, 0.15) is 24.4 Å². The molecule has 0 saturated heterocycles. The minimum atomic E-state index is -0.283. The zero-order valence-electron chi connectivity index (χ0n) is 10.5. The van der Waals surface area contributed by atoms with Gasteiger partial charge in [0.2, 0.25) is 0 Å². The summed E-state index contributed by atoms with van der Waals surface area (Å²) in [5.74, 6) is 1.25. The topological polar surface area (TPSA) is 104 Å². The van der Waals surface area contributed by atoms with E-state index in [0.717, 1.165) is 5.56 Å². The Kier molecular flexibility index (Phi) is 2.55. The summed E-state index contributed by atoms with van der Waals surface area (Å²) in [7, 11) is 0. The van der Waals surface area contributed by atoms with E-state index in [1.165, 1.54) is 4.40 Å². The van der Waals surface area contributed by atoms with E-state index >= 15 is 0 Å². The van der Waals surface area contributed by atoms with Gasteiger partial charge in [0.05, 0.1) is 12.2 Å². The minimum absolute atomic E-state index is 0.0544. The van der Waals surface area contributed by atoms with Gasteiger partial charge in [-0.05, 0) is 13.8 Å². The molecule has 3 heterocycles. The van der Waals surface area contributed by atoms with Gasteiger partial charge in [-0.2, -0.15) is 10.2 Å². The second-order valence-electron chi connectivity index (χ2n) is 4.31. The summed E-state index contributed by atoms with van der Waals surface area (Å²) < 4.78 is 1.42. The van der Waals surface area contributed by atoms with Gasteiger partial charge in [-0.25, -0.2) is 19.3 Å². The van der Waals surface area contributed by atoms with Crippen molar-refractivity contribution in [3.8, 4) is 0 Å². The lowest BCUT2D eigenvalue weighted by atomic mass is 10.2. The third-order valence-electron chi connectivity index (χ3n) is 2.95. The molecule has 8 heteroatoms. The lowest BCUT2D eigenvalue weighted by Gasteiger charge is -2.13. The normalized spacial score (nSPS) is 12.7. The first-order valence-corrected chi connectivity index (χ1v) is 5.85. The molecule has 1 unspecified atom stereocenters. The van der Waals surface area contributed by atoms with Crippen LogP contribution in [0.25, 0.3) is 5.65 Å². The van der Waals surface area contributed by atoms with E-state index in [9.17, 15) is 4.79 Å². The predicted molar refractivity (Wildman–Crippen MR) is 69.0 cm³/mol. The Bertz CT molecular complexity index is 755. The number of aromatic nitrogens is 6. The van der Waals surface area contributed by atoms with Gasteiger partial charge in [-0.3, -0.25) is 5.10 Å². The Hall–Kier alpha value is -2.64. The third kappa shape index (κ3) is 1.96. The van der Waals surface area contributed by atoms with Gasteiger partial charge in [-0.1, -0.05) is 0 Å². The van der Waals surface area contributed by atoms with Gasteiger partial charge in [-0.15, -0.1) is 0 Å². The van der Waals surface area contributed by atoms with E-state index in [4.69, 9.17) is 0 Å². The summed E-state index contributed by atoms with van der Waals surface area (Å²) in [6.07, 6.45) is 3.57. The zero-order valence-corrected chi connectivity index (χ0v) is 10.5. The number of fused-ring (bicyclic) bond motifs is 1. The van der Waals surface area contributed by atoms with Crippen LogP contribution in [-0.2, 0) is 0 Å². The fourth-order valence-corrected chi connectivity index (χ4v) is 1.97. The number of hydrogen-bond acceptors (Lipinski definition) is 5. The van der Waals surface area contributed by atoms with E-state index in [0.29, 0.717) is 17.3 Å². The molecule has 3 aromatic heterocycles. The molecule has 0 bridgehead atoms. The molecule has 0 amide bonds. The number of rotatable bonds is 3. The second-order valence-corrected chi connectivity index (χ2v) is 4.31. The van der Waals surface area contributed by atoms with E-state index < -0.39 is 0 Å². The number of hydrogen-bond donors (Lipinski definition) is 3. The van der Waals surface area contributed by atoms with Crippen molar-refractivity contribution < 1.29 is 0 Å². The van der Waals surface area contributed by atoms with E-state index in [-0.39, 0.29) is 11.7 Å². The first-order chi connectivity index (χ1) is 9.15. The summed E-state index contributed by atoms with van der Waals surface area (Å²) in [5, 5.41) is 16.3. The average molecular weight is 259 g/mol. The maximum absolute atomic E-state index is 11.5. The molecule has 8 nitrogen and oxygen atoms in total. The number of H-pyrrole nitrogens is 2. The van der Waals surface area contributed by atoms with Crippen LogP contribution in [0.3, 0.4) is 0 Å². The standard InChI is InChI=1S/C11H13N7O/c1-6(8-4-12-13-5-8)14-9-3-10-16-17-11(19)18(10)7(2)15-9/h3-6,14H,1-2H3,(H,12,13)(H,17,19). The van der Waals surface area contributed by atoms with Crippen molar-refractivity contribution in [3.05, 3.63) is 40.3 Å². The maximum atomic E-state index is 11.5. The highest BCUT2D eigenvalue weighted by Crippen LogP contribution is 2.17. The van der Waals surface area contributed by atoms with Gasteiger partial charge >= 0.3 is 5.69 Å². The Morgan fingerprint density at radius 3 is 3.05 bits per heavy atom. The van der Waals surface area contributed by atoms with Crippen molar-refractivity contribution in [2.45, 2.75) is 19.9 Å². The van der Waals surface area contributed by atoms with E-state index in [2.05, 4.69) is 30.7 Å². The van der Waals surface area contributed by atoms with Gasteiger partial charge in [0, 0.05) is 17.8 Å². The summed E-state index contributed by atoms with van der Waals surface area (Å²) in [4.78, 5) is 15.8. The van der Waals surface area contributed by atoms with Gasteiger partial charge in [0.15, 0.2) is 5.65 Å². The molecule has 0 aliphatic rings. The van der Waals surface area contributed by atoms with Crippen LogP contribution in [-0.4, -0.2) is 29.8 Å². The van der Waals surface area contributed by atoms with Crippen molar-refractivity contribution in [2.75, 3.05) is 5.32 Å². The predicted octanol–water partition coefficient (Wildman–Crippen LogP) is 0.622. The summed E-state index contributed by atoms with van der Waals surface area (Å²) in [6, 6.07) is 1.78. The van der Waals surface area contributed by atoms with Crippen molar-refractivity contribution in [2.24, 2.45) is 0 Å². The number of nitrogens with zero attached hydrogens (tertiary/aromatic N) is 4. The highest BCUT2D eigenvalue weighted by molar-refractivity contribution is 5.50. The monoisotopic (exact) mass is 259 g/mol. The molecule has 1 atom stereocenters. The number of anilines is 1. The van der Waals surface area contributed by atoms with Crippen LogP contribution < -0.4 is 11.0 Å². The van der Waals surface area contributed by atoms with E-state index in [1.807, 2.05) is 13.1 Å². The average Bonchev–Trinajstić information content (AvgIpc) is 2.99. The Balaban J connectivity index is 1.95. The zero-order chi connectivity index (χ0) is 13.4. The van der Waals surface area contributed by atoms with Crippen LogP contribution in [0, 0.1) is 6.92 Å². The lowest BCUT2D eigenvalue weighted by molar-refractivity contribution is 0.860. The van der Waals surface area contributed by atoms with Gasteiger partial charge < -0.3 is 5.32 Å². The minimum Gasteiger partial charge on any atom is -0.363 e. The highest BCUT2D eigenvalue weighted by Gasteiger charge is 2.10. The molecule has 0 aliphatic carbocycles.